The van der Waals surface area contributed by atoms with E-state index >= 15 is 0 Å². The molecular weight excluding hydrogens is 364 g/mol. The first-order chi connectivity index (χ1) is 14.3. The number of benzene rings is 1. The van der Waals surface area contributed by atoms with Gasteiger partial charge in [0.15, 0.2) is 0 Å². The summed E-state index contributed by atoms with van der Waals surface area (Å²) in [5.41, 5.74) is 2.54. The van der Waals surface area contributed by atoms with Gasteiger partial charge in [0.2, 0.25) is 5.88 Å². The maximum atomic E-state index is 12.5. The number of carbonyl (C=O) groups is 1. The minimum Gasteiger partial charge on any atom is -0.473 e. The largest absolute Gasteiger partial charge is 0.473 e. The zero-order valence-corrected chi connectivity index (χ0v) is 16.3. The predicted molar refractivity (Wildman–Crippen MR) is 112 cm³/mol. The average Bonchev–Trinajstić information content (AvgIpc) is 3.32. The van der Waals surface area contributed by atoms with Gasteiger partial charge in [0.05, 0.1) is 0 Å². The van der Waals surface area contributed by atoms with Crippen LogP contribution >= 0.6 is 0 Å². The van der Waals surface area contributed by atoms with E-state index in [2.05, 4.69) is 20.2 Å². The van der Waals surface area contributed by atoms with Crippen LogP contribution < -0.4 is 15.0 Å². The molecule has 29 heavy (non-hydrogen) atoms. The van der Waals surface area contributed by atoms with Crippen LogP contribution in [0.25, 0.3) is 0 Å². The van der Waals surface area contributed by atoms with E-state index in [1.807, 2.05) is 48.7 Å². The van der Waals surface area contributed by atoms with Crippen molar-refractivity contribution in [1.29, 1.82) is 0 Å². The van der Waals surface area contributed by atoms with Crippen LogP contribution in [0.4, 0.5) is 5.82 Å². The van der Waals surface area contributed by atoms with Gasteiger partial charge in [-0.15, -0.1) is 0 Å². The maximum absolute atomic E-state index is 12.5. The first-order valence-electron chi connectivity index (χ1n) is 9.89. The molecule has 4 rings (SSSR count). The van der Waals surface area contributed by atoms with E-state index in [0.717, 1.165) is 30.0 Å². The van der Waals surface area contributed by atoms with Crippen LogP contribution in [0.15, 0.2) is 67.0 Å². The molecule has 0 unspecified atom stereocenters. The summed E-state index contributed by atoms with van der Waals surface area (Å²) in [5, 5.41) is 2.93. The minimum atomic E-state index is -0.166. The molecule has 0 saturated carbocycles. The Hall–Kier alpha value is -3.41. The van der Waals surface area contributed by atoms with E-state index in [0.29, 0.717) is 24.6 Å². The van der Waals surface area contributed by atoms with Gasteiger partial charge in [-0.25, -0.2) is 9.97 Å². The quantitative estimate of drug-likeness (QED) is 0.670. The summed E-state index contributed by atoms with van der Waals surface area (Å²) in [7, 11) is 0. The Balaban J connectivity index is 1.31. The fourth-order valence-electron chi connectivity index (χ4n) is 3.30. The number of nitrogens with one attached hydrogen (secondary N) is 1. The van der Waals surface area contributed by atoms with E-state index in [4.69, 9.17) is 4.74 Å². The molecule has 1 aliphatic rings. The number of amides is 1. The highest BCUT2D eigenvalue weighted by molar-refractivity contribution is 5.94. The van der Waals surface area contributed by atoms with Crippen molar-refractivity contribution in [3.05, 3.63) is 83.7 Å². The van der Waals surface area contributed by atoms with Crippen molar-refractivity contribution in [3.8, 4) is 5.88 Å². The van der Waals surface area contributed by atoms with Gasteiger partial charge in [0, 0.05) is 43.7 Å². The number of pyridine rings is 2. The number of hydrogen-bond donors (Lipinski definition) is 1. The molecule has 0 aliphatic carbocycles. The molecule has 3 aromatic rings. The second kappa shape index (κ2) is 9.19. The normalized spacial score (nSPS) is 13.3. The predicted octanol–water partition coefficient (Wildman–Crippen LogP) is 3.59. The third-order valence-corrected chi connectivity index (χ3v) is 4.92. The van der Waals surface area contributed by atoms with Crippen molar-refractivity contribution in [2.45, 2.75) is 26.0 Å². The van der Waals surface area contributed by atoms with Crippen molar-refractivity contribution >= 4 is 11.7 Å². The van der Waals surface area contributed by atoms with Gasteiger partial charge < -0.3 is 15.0 Å². The lowest BCUT2D eigenvalue weighted by atomic mass is 10.2. The highest BCUT2D eigenvalue weighted by atomic mass is 16.5. The Labute approximate surface area is 170 Å². The topological polar surface area (TPSA) is 67.4 Å². The molecule has 6 nitrogen and oxygen atoms in total. The number of nitrogens with zero attached hydrogens (tertiary/aromatic N) is 3. The molecule has 0 atom stereocenters. The number of carbonyl (C=O) groups excluding carboxylic acids is 1. The lowest BCUT2D eigenvalue weighted by molar-refractivity contribution is 0.0950. The van der Waals surface area contributed by atoms with Crippen molar-refractivity contribution < 1.29 is 9.53 Å². The van der Waals surface area contributed by atoms with Gasteiger partial charge in [-0.2, -0.15) is 0 Å². The van der Waals surface area contributed by atoms with Gasteiger partial charge >= 0.3 is 0 Å². The minimum absolute atomic E-state index is 0.166. The fourth-order valence-corrected chi connectivity index (χ4v) is 3.30. The molecule has 3 heterocycles. The average molecular weight is 388 g/mol. The summed E-state index contributed by atoms with van der Waals surface area (Å²) in [6.45, 7) is 2.97. The van der Waals surface area contributed by atoms with Crippen molar-refractivity contribution in [2.75, 3.05) is 18.0 Å². The van der Waals surface area contributed by atoms with Crippen molar-refractivity contribution in [3.63, 3.8) is 0 Å². The molecule has 6 heteroatoms. The molecule has 1 fully saturated rings. The van der Waals surface area contributed by atoms with Crippen LogP contribution in [-0.2, 0) is 13.2 Å². The fraction of sp³-hybridized carbons (Fsp3) is 0.261. The van der Waals surface area contributed by atoms with E-state index in [9.17, 15) is 4.79 Å². The van der Waals surface area contributed by atoms with Crippen LogP contribution in [-0.4, -0.2) is 29.0 Å². The third kappa shape index (κ3) is 5.10. The van der Waals surface area contributed by atoms with E-state index in [1.165, 1.54) is 12.8 Å². The molecule has 0 spiro atoms. The van der Waals surface area contributed by atoms with Crippen LogP contribution in [0.3, 0.4) is 0 Å². The van der Waals surface area contributed by atoms with Gasteiger partial charge in [0.25, 0.3) is 5.91 Å². The summed E-state index contributed by atoms with van der Waals surface area (Å²) in [6, 6.07) is 17.2. The monoisotopic (exact) mass is 388 g/mol. The molecule has 1 aromatic carbocycles. The van der Waals surface area contributed by atoms with E-state index in [1.54, 1.807) is 18.3 Å². The molecule has 1 aliphatic heterocycles. The van der Waals surface area contributed by atoms with Gasteiger partial charge in [-0.3, -0.25) is 4.79 Å². The molecule has 1 N–H and O–H groups in total. The number of hydrogen-bond acceptors (Lipinski definition) is 5. The Morgan fingerprint density at radius 1 is 1.00 bits per heavy atom. The smallest absolute Gasteiger partial charge is 0.251 e. The molecule has 1 amide bonds. The van der Waals surface area contributed by atoms with E-state index in [-0.39, 0.29) is 5.91 Å². The van der Waals surface area contributed by atoms with Crippen LogP contribution in [0.1, 0.15) is 34.3 Å². The van der Waals surface area contributed by atoms with Crippen molar-refractivity contribution in [1.82, 2.24) is 15.3 Å². The van der Waals surface area contributed by atoms with Crippen LogP contribution in [0.5, 0.6) is 5.88 Å². The summed E-state index contributed by atoms with van der Waals surface area (Å²) in [4.78, 5) is 23.5. The molecule has 0 bridgehead atoms. The Morgan fingerprint density at radius 3 is 2.59 bits per heavy atom. The van der Waals surface area contributed by atoms with E-state index < -0.39 is 0 Å². The maximum Gasteiger partial charge on any atom is 0.251 e. The lowest BCUT2D eigenvalue weighted by Crippen LogP contribution is -2.23. The SMILES string of the molecule is O=C(NCc1ccc(N2CCCC2)nc1)c1ccnc(OCc2ccccc2)c1. The highest BCUT2D eigenvalue weighted by Crippen LogP contribution is 2.17. The summed E-state index contributed by atoms with van der Waals surface area (Å²) in [5.74, 6) is 1.27. The lowest BCUT2D eigenvalue weighted by Gasteiger charge is -2.16. The summed E-state index contributed by atoms with van der Waals surface area (Å²) >= 11 is 0. The molecular formula is C23H24N4O2. The Morgan fingerprint density at radius 2 is 1.83 bits per heavy atom. The number of rotatable bonds is 7. The van der Waals surface area contributed by atoms with Gasteiger partial charge in [0.1, 0.15) is 12.4 Å². The Bertz CT molecular complexity index is 939. The van der Waals surface area contributed by atoms with Crippen molar-refractivity contribution in [2.24, 2.45) is 0 Å². The first kappa shape index (κ1) is 18.9. The first-order valence-corrected chi connectivity index (χ1v) is 9.89. The number of anilines is 1. The van der Waals surface area contributed by atoms with Crippen LogP contribution in [0.2, 0.25) is 0 Å². The van der Waals surface area contributed by atoms with Gasteiger partial charge in [-0.1, -0.05) is 36.4 Å². The Kier molecular flexibility index (Phi) is 6.00. The molecule has 148 valence electrons. The third-order valence-electron chi connectivity index (χ3n) is 4.92. The zero-order valence-electron chi connectivity index (χ0n) is 16.3. The molecule has 0 radical (unpaired) electrons. The standard InChI is InChI=1S/C23H24N4O2/c28-23(26-16-19-8-9-21(25-15-19)27-12-4-5-13-27)20-10-11-24-22(14-20)29-17-18-6-2-1-3-7-18/h1-3,6-11,14-15H,4-5,12-13,16-17H2,(H,26,28). The number of aromatic nitrogens is 2. The number of ether oxygens (including phenoxy) is 1. The van der Waals surface area contributed by atoms with Crippen LogP contribution in [0, 0.1) is 0 Å². The summed E-state index contributed by atoms with van der Waals surface area (Å²) < 4.78 is 5.70. The van der Waals surface area contributed by atoms with Gasteiger partial charge in [-0.05, 0) is 36.1 Å². The molecule has 2 aromatic heterocycles. The highest BCUT2D eigenvalue weighted by Gasteiger charge is 2.13. The summed E-state index contributed by atoms with van der Waals surface area (Å²) in [6.07, 6.45) is 5.86. The molecule has 1 saturated heterocycles. The second-order valence-corrected chi connectivity index (χ2v) is 7.06. The zero-order chi connectivity index (χ0) is 19.9. The second-order valence-electron chi connectivity index (χ2n) is 7.06.